The molecule has 0 saturated carbocycles. The molecule has 3 rings (SSSR count). The van der Waals surface area contributed by atoms with E-state index in [-0.39, 0.29) is 43.3 Å². The minimum atomic E-state index is -1.07. The van der Waals surface area contributed by atoms with Gasteiger partial charge in [0.1, 0.15) is 6.61 Å². The van der Waals surface area contributed by atoms with Crippen LogP contribution in [0.1, 0.15) is 26.2 Å². The van der Waals surface area contributed by atoms with Crippen molar-refractivity contribution in [2.45, 2.75) is 50.4 Å². The highest BCUT2D eigenvalue weighted by Gasteiger charge is 2.39. The molecule has 0 unspecified atom stereocenters. The second kappa shape index (κ2) is 12.6. The lowest BCUT2D eigenvalue weighted by atomic mass is 9.85. The third-order valence-electron chi connectivity index (χ3n) is 6.19. The highest BCUT2D eigenvalue weighted by Crippen LogP contribution is 2.28. The van der Waals surface area contributed by atoms with Crippen LogP contribution in [0.5, 0.6) is 0 Å². The molecule has 188 valence electrons. The third kappa shape index (κ3) is 7.07. The summed E-state index contributed by atoms with van der Waals surface area (Å²) in [7, 11) is 0. The van der Waals surface area contributed by atoms with Crippen LogP contribution < -0.4 is 5.32 Å². The Morgan fingerprint density at radius 2 is 2.06 bits per heavy atom. The molecular weight excluding hydrogens is 448 g/mol. The van der Waals surface area contributed by atoms with Gasteiger partial charge in [-0.15, -0.1) is 0 Å². The van der Waals surface area contributed by atoms with Crippen LogP contribution in [0.4, 0.5) is 4.79 Å². The number of nitrogens with zero attached hydrogens (tertiary/aromatic N) is 5. The molecule has 13 nitrogen and oxygen atoms in total. The number of ether oxygens (including phenoxy) is 3. The summed E-state index contributed by atoms with van der Waals surface area (Å²) in [5.41, 5.74) is 9.13. The van der Waals surface area contributed by atoms with Crippen molar-refractivity contribution in [3.8, 4) is 0 Å². The van der Waals surface area contributed by atoms with Crippen LogP contribution in [-0.4, -0.2) is 110 Å². The molecule has 0 bridgehead atoms. The minimum absolute atomic E-state index is 0.0448. The lowest BCUT2D eigenvalue weighted by Gasteiger charge is -2.44. The molecule has 0 aromatic rings. The maximum absolute atomic E-state index is 12.1. The number of carboxylic acids is 1. The summed E-state index contributed by atoms with van der Waals surface area (Å²) in [6.07, 6.45) is 2.77. The first-order valence-corrected chi connectivity index (χ1v) is 11.5. The number of morpholine rings is 1. The number of carbonyl (C=O) groups is 3. The number of rotatable bonds is 8. The fourth-order valence-electron chi connectivity index (χ4n) is 4.60. The van der Waals surface area contributed by atoms with E-state index < -0.39 is 24.1 Å². The lowest BCUT2D eigenvalue weighted by molar-refractivity contribution is -0.133. The topological polar surface area (TPSA) is 166 Å². The number of carboxylic acid groups (broad SMARTS) is 1. The summed E-state index contributed by atoms with van der Waals surface area (Å²) >= 11 is 0. The number of likely N-dealkylation sites (tertiary alicyclic amines) is 1. The molecule has 1 aliphatic carbocycles. The van der Waals surface area contributed by atoms with E-state index in [1.54, 1.807) is 11.0 Å². The zero-order chi connectivity index (χ0) is 24.5. The van der Waals surface area contributed by atoms with Crippen molar-refractivity contribution >= 4 is 18.0 Å². The van der Waals surface area contributed by atoms with Crippen molar-refractivity contribution in [3.63, 3.8) is 0 Å². The average Bonchev–Trinajstić information content (AvgIpc) is 2.83. The zero-order valence-corrected chi connectivity index (χ0v) is 19.3. The largest absolute Gasteiger partial charge is 0.478 e. The zero-order valence-electron chi connectivity index (χ0n) is 19.3. The van der Waals surface area contributed by atoms with E-state index in [9.17, 15) is 19.5 Å². The number of amides is 2. The number of aliphatic carboxylic acids is 1. The van der Waals surface area contributed by atoms with Gasteiger partial charge in [0.25, 0.3) is 0 Å². The summed E-state index contributed by atoms with van der Waals surface area (Å²) in [6.45, 7) is 4.96. The first kappa shape index (κ1) is 25.8. The van der Waals surface area contributed by atoms with E-state index in [1.807, 2.05) is 0 Å². The second-order valence-electron chi connectivity index (χ2n) is 8.53. The fourth-order valence-corrected chi connectivity index (χ4v) is 4.60. The number of nitrogens with one attached hydrogen (secondary N) is 1. The van der Waals surface area contributed by atoms with E-state index in [0.717, 1.165) is 12.8 Å². The molecule has 0 radical (unpaired) electrons. The highest BCUT2D eigenvalue weighted by atomic mass is 16.6. The van der Waals surface area contributed by atoms with Gasteiger partial charge in [0.15, 0.2) is 0 Å². The Morgan fingerprint density at radius 3 is 2.74 bits per heavy atom. The van der Waals surface area contributed by atoms with Gasteiger partial charge in [0.2, 0.25) is 5.91 Å². The number of hydrogen-bond donors (Lipinski definition) is 2. The Balaban J connectivity index is 1.58. The van der Waals surface area contributed by atoms with Gasteiger partial charge < -0.3 is 29.5 Å². The second-order valence-corrected chi connectivity index (χ2v) is 8.53. The van der Waals surface area contributed by atoms with Gasteiger partial charge in [0, 0.05) is 43.1 Å². The maximum Gasteiger partial charge on any atom is 0.409 e. The van der Waals surface area contributed by atoms with Gasteiger partial charge in [0.05, 0.1) is 38.0 Å². The quantitative estimate of drug-likeness (QED) is 0.224. The van der Waals surface area contributed by atoms with Gasteiger partial charge in [-0.1, -0.05) is 11.2 Å². The first-order chi connectivity index (χ1) is 16.4. The Labute approximate surface area is 197 Å². The number of hydrogen-bond acceptors (Lipinski definition) is 8. The molecule has 2 heterocycles. The average molecular weight is 481 g/mol. The van der Waals surface area contributed by atoms with Crippen molar-refractivity contribution in [3.05, 3.63) is 22.1 Å². The number of piperidine rings is 1. The smallest absolute Gasteiger partial charge is 0.409 e. The molecular formula is C21H32N6O7. The SMILES string of the molecule is CC(=O)N[C@@H]1[C@@H](N=[N+]=[N-])CC(C(=O)O)=C[C@H]1N1CCC[C@H](OCCOC(=O)N2CCOCC2)C1. The predicted molar refractivity (Wildman–Crippen MR) is 119 cm³/mol. The van der Waals surface area contributed by atoms with Crippen molar-refractivity contribution in [1.29, 1.82) is 0 Å². The van der Waals surface area contributed by atoms with Crippen LogP contribution in [0.2, 0.25) is 0 Å². The van der Waals surface area contributed by atoms with Gasteiger partial charge in [-0.3, -0.25) is 9.69 Å². The lowest BCUT2D eigenvalue weighted by Crippen LogP contribution is -2.59. The van der Waals surface area contributed by atoms with E-state index >= 15 is 0 Å². The molecule has 2 saturated heterocycles. The first-order valence-electron chi connectivity index (χ1n) is 11.5. The Hall–Kier alpha value is -2.86. The van der Waals surface area contributed by atoms with Crippen molar-refractivity contribution in [2.75, 3.05) is 52.6 Å². The Morgan fingerprint density at radius 1 is 1.29 bits per heavy atom. The van der Waals surface area contributed by atoms with Gasteiger partial charge in [-0.25, -0.2) is 9.59 Å². The highest BCUT2D eigenvalue weighted by molar-refractivity contribution is 5.87. The summed E-state index contributed by atoms with van der Waals surface area (Å²) in [6, 6.07) is -1.72. The standard InChI is InChI=1S/C21H32N6O7/c1-14(28)23-19-17(24-25-22)11-15(20(29)30)12-18(19)27-4-2-3-16(13-27)33-9-10-34-21(31)26-5-7-32-8-6-26/h12,16-19H,2-11,13H2,1H3,(H,23,28)(H,29,30)/t16-,17-,18+,19+/m0/s1. The van der Waals surface area contributed by atoms with Gasteiger partial charge >= 0.3 is 12.1 Å². The van der Waals surface area contributed by atoms with Crippen LogP contribution >= 0.6 is 0 Å². The monoisotopic (exact) mass is 480 g/mol. The van der Waals surface area contributed by atoms with Gasteiger partial charge in [-0.05, 0) is 31.3 Å². The van der Waals surface area contributed by atoms with Crippen LogP contribution in [0.3, 0.4) is 0 Å². The van der Waals surface area contributed by atoms with Crippen LogP contribution in [0, 0.1) is 0 Å². The van der Waals surface area contributed by atoms with Crippen LogP contribution in [-0.2, 0) is 23.8 Å². The third-order valence-corrected chi connectivity index (χ3v) is 6.19. The van der Waals surface area contributed by atoms with Crippen LogP contribution in [0.15, 0.2) is 16.8 Å². The van der Waals surface area contributed by atoms with E-state index in [2.05, 4.69) is 20.2 Å². The molecule has 0 aromatic heterocycles. The molecule has 34 heavy (non-hydrogen) atoms. The minimum Gasteiger partial charge on any atom is -0.478 e. The molecule has 3 aliphatic rings. The molecule has 2 amide bonds. The number of carbonyl (C=O) groups excluding carboxylic acids is 2. The summed E-state index contributed by atoms with van der Waals surface area (Å²) in [5, 5.41) is 16.2. The molecule has 0 aromatic carbocycles. The van der Waals surface area contributed by atoms with Crippen molar-refractivity contribution < 1.29 is 33.7 Å². The normalized spacial score (nSPS) is 27.8. The van der Waals surface area contributed by atoms with E-state index in [4.69, 9.17) is 19.7 Å². The summed E-state index contributed by atoms with van der Waals surface area (Å²) < 4.78 is 16.4. The molecule has 2 N–H and O–H groups in total. The molecule has 13 heteroatoms. The van der Waals surface area contributed by atoms with E-state index in [0.29, 0.717) is 39.4 Å². The molecule has 2 fully saturated rings. The van der Waals surface area contributed by atoms with Gasteiger partial charge in [-0.2, -0.15) is 0 Å². The van der Waals surface area contributed by atoms with Crippen molar-refractivity contribution in [2.24, 2.45) is 5.11 Å². The summed E-state index contributed by atoms with van der Waals surface area (Å²) in [5.74, 6) is -1.36. The van der Waals surface area contributed by atoms with Crippen molar-refractivity contribution in [1.82, 2.24) is 15.1 Å². The molecule has 2 aliphatic heterocycles. The fraction of sp³-hybridized carbons (Fsp3) is 0.762. The molecule has 0 spiro atoms. The molecule has 4 atom stereocenters. The number of azide groups is 1. The maximum atomic E-state index is 12.1. The Bertz CT molecular complexity index is 824. The predicted octanol–water partition coefficient (Wildman–Crippen LogP) is 0.903. The van der Waals surface area contributed by atoms with E-state index in [1.165, 1.54) is 6.92 Å². The summed E-state index contributed by atoms with van der Waals surface area (Å²) in [4.78, 5) is 42.1. The van der Waals surface area contributed by atoms with Crippen LogP contribution in [0.25, 0.3) is 10.4 Å². The Kier molecular flexibility index (Phi) is 9.52.